The molecular formula is C30H27ClOS2. The van der Waals surface area contributed by atoms with Gasteiger partial charge in [-0.15, -0.1) is 0 Å². The third-order valence-electron chi connectivity index (χ3n) is 4.84. The van der Waals surface area contributed by atoms with E-state index < -0.39 is 0 Å². The molecule has 4 heteroatoms. The monoisotopic (exact) mass is 502 g/mol. The molecule has 0 atom stereocenters. The first-order chi connectivity index (χ1) is 16.5. The van der Waals surface area contributed by atoms with E-state index in [1.165, 1.54) is 15.4 Å². The van der Waals surface area contributed by atoms with Crippen LogP contribution in [0.3, 0.4) is 0 Å². The minimum Gasteiger partial charge on any atom is -0.289 e. The van der Waals surface area contributed by atoms with E-state index >= 15 is 0 Å². The Hall–Kier alpha value is -2.72. The van der Waals surface area contributed by atoms with Crippen LogP contribution in [0.5, 0.6) is 0 Å². The second-order valence-corrected chi connectivity index (χ2v) is 10.4. The molecule has 0 heterocycles. The van der Waals surface area contributed by atoms with Gasteiger partial charge in [0, 0.05) is 30.7 Å². The van der Waals surface area contributed by atoms with Crippen molar-refractivity contribution in [3.8, 4) is 0 Å². The van der Waals surface area contributed by atoms with Gasteiger partial charge in [-0.25, -0.2) is 0 Å². The summed E-state index contributed by atoms with van der Waals surface area (Å²) in [4.78, 5) is 17.0. The summed E-state index contributed by atoms with van der Waals surface area (Å²) in [6.07, 6.45) is 2.08. The van der Waals surface area contributed by atoms with E-state index in [4.69, 9.17) is 11.6 Å². The summed E-state index contributed by atoms with van der Waals surface area (Å²) in [5.41, 5.74) is 2.64. The molecule has 4 rings (SSSR count). The molecule has 0 aliphatic heterocycles. The highest BCUT2D eigenvalue weighted by atomic mass is 35.5. The molecule has 0 aromatic heterocycles. The number of rotatable bonds is 6. The SMILES string of the molecule is CC=C(C)C.O=C(c1ccccc1)c1ccc(Sc2ccc(Sc3ccccc3)cc2)c(Cl)c1. The van der Waals surface area contributed by atoms with E-state index in [1.807, 2.05) is 67.6 Å². The van der Waals surface area contributed by atoms with Crippen molar-refractivity contribution < 1.29 is 4.79 Å². The van der Waals surface area contributed by atoms with Gasteiger partial charge < -0.3 is 0 Å². The highest BCUT2D eigenvalue weighted by Crippen LogP contribution is 2.36. The van der Waals surface area contributed by atoms with Crippen molar-refractivity contribution in [1.29, 1.82) is 0 Å². The van der Waals surface area contributed by atoms with Crippen molar-refractivity contribution in [2.45, 2.75) is 40.4 Å². The summed E-state index contributed by atoms with van der Waals surface area (Å²) in [6.45, 7) is 6.20. The third-order valence-corrected chi connectivity index (χ3v) is 7.36. The van der Waals surface area contributed by atoms with Crippen molar-refractivity contribution in [1.82, 2.24) is 0 Å². The van der Waals surface area contributed by atoms with Gasteiger partial charge in [0.25, 0.3) is 0 Å². The smallest absolute Gasteiger partial charge is 0.193 e. The summed E-state index contributed by atoms with van der Waals surface area (Å²) in [7, 11) is 0. The molecule has 0 bridgehead atoms. The van der Waals surface area contributed by atoms with Gasteiger partial charge in [0.05, 0.1) is 5.02 Å². The third kappa shape index (κ3) is 7.95. The van der Waals surface area contributed by atoms with Gasteiger partial charge in [0.1, 0.15) is 0 Å². The Morgan fingerprint density at radius 3 is 1.71 bits per heavy atom. The van der Waals surface area contributed by atoms with E-state index in [1.54, 1.807) is 29.6 Å². The van der Waals surface area contributed by atoms with Crippen LogP contribution in [0.4, 0.5) is 0 Å². The average Bonchev–Trinajstić information content (AvgIpc) is 2.87. The van der Waals surface area contributed by atoms with Crippen LogP contribution in [0.15, 0.2) is 134 Å². The quantitative estimate of drug-likeness (QED) is 0.193. The van der Waals surface area contributed by atoms with Crippen LogP contribution in [-0.4, -0.2) is 5.78 Å². The Balaban J connectivity index is 0.000000588. The maximum absolute atomic E-state index is 12.6. The second kappa shape index (κ2) is 13.2. The molecule has 1 nitrogen and oxygen atoms in total. The van der Waals surface area contributed by atoms with Crippen molar-refractivity contribution in [3.05, 3.63) is 131 Å². The van der Waals surface area contributed by atoms with Gasteiger partial charge in [-0.1, -0.05) is 95.3 Å². The summed E-state index contributed by atoms with van der Waals surface area (Å²) in [5.74, 6) is -0.0219. The van der Waals surface area contributed by atoms with Gasteiger partial charge in [0.2, 0.25) is 0 Å². The number of hydrogen-bond acceptors (Lipinski definition) is 3. The predicted molar refractivity (Wildman–Crippen MR) is 148 cm³/mol. The van der Waals surface area contributed by atoms with Gasteiger partial charge in [-0.05, 0) is 75.4 Å². The molecule has 0 saturated carbocycles. The van der Waals surface area contributed by atoms with Crippen LogP contribution in [0, 0.1) is 0 Å². The minimum atomic E-state index is -0.0219. The predicted octanol–water partition coefficient (Wildman–Crippen LogP) is 9.85. The molecule has 0 spiro atoms. The highest BCUT2D eigenvalue weighted by Gasteiger charge is 2.11. The van der Waals surface area contributed by atoms with Crippen LogP contribution in [0.2, 0.25) is 5.02 Å². The number of carbonyl (C=O) groups is 1. The Morgan fingerprint density at radius 1 is 0.676 bits per heavy atom. The Labute approximate surface area is 216 Å². The minimum absolute atomic E-state index is 0.0219. The van der Waals surface area contributed by atoms with Crippen LogP contribution in [0.1, 0.15) is 36.7 Å². The van der Waals surface area contributed by atoms with Gasteiger partial charge in [0.15, 0.2) is 5.78 Å². The van der Waals surface area contributed by atoms with Crippen molar-refractivity contribution >= 4 is 40.9 Å². The number of ketones is 1. The lowest BCUT2D eigenvalue weighted by Gasteiger charge is -2.08. The molecule has 34 heavy (non-hydrogen) atoms. The lowest BCUT2D eigenvalue weighted by Crippen LogP contribution is -2.00. The molecule has 0 aliphatic carbocycles. The largest absolute Gasteiger partial charge is 0.289 e. The summed E-state index contributed by atoms with van der Waals surface area (Å²) < 4.78 is 0. The second-order valence-electron chi connectivity index (χ2n) is 7.69. The van der Waals surface area contributed by atoms with E-state index in [0.29, 0.717) is 16.1 Å². The molecular weight excluding hydrogens is 476 g/mol. The zero-order valence-corrected chi connectivity index (χ0v) is 21.9. The Kier molecular flexibility index (Phi) is 10.1. The number of allylic oxidation sites excluding steroid dienone is 2. The van der Waals surface area contributed by atoms with Crippen molar-refractivity contribution in [2.75, 3.05) is 0 Å². The van der Waals surface area contributed by atoms with Crippen LogP contribution >= 0.6 is 35.1 Å². The maximum Gasteiger partial charge on any atom is 0.193 e. The lowest BCUT2D eigenvalue weighted by molar-refractivity contribution is 0.103. The Morgan fingerprint density at radius 2 is 1.18 bits per heavy atom. The maximum atomic E-state index is 12.6. The number of carbonyl (C=O) groups excluding carboxylic acids is 1. The molecule has 172 valence electrons. The summed E-state index contributed by atoms with van der Waals surface area (Å²) >= 11 is 9.80. The zero-order valence-electron chi connectivity index (χ0n) is 19.5. The molecule has 0 radical (unpaired) electrons. The van der Waals surface area contributed by atoms with Gasteiger partial charge in [-0.3, -0.25) is 4.79 Å². The Bertz CT molecular complexity index is 1230. The van der Waals surface area contributed by atoms with Crippen molar-refractivity contribution in [2.24, 2.45) is 0 Å². The van der Waals surface area contributed by atoms with E-state index in [-0.39, 0.29) is 5.78 Å². The van der Waals surface area contributed by atoms with Gasteiger partial charge in [-0.2, -0.15) is 0 Å². The van der Waals surface area contributed by atoms with E-state index in [0.717, 1.165) is 9.79 Å². The zero-order chi connectivity index (χ0) is 24.3. The molecule has 4 aromatic carbocycles. The fourth-order valence-corrected chi connectivity index (χ4v) is 4.76. The summed E-state index contributed by atoms with van der Waals surface area (Å²) in [5, 5.41) is 0.583. The fraction of sp³-hybridized carbons (Fsp3) is 0.100. The topological polar surface area (TPSA) is 17.1 Å². The molecule has 0 unspecified atom stereocenters. The van der Waals surface area contributed by atoms with Gasteiger partial charge >= 0.3 is 0 Å². The molecule has 0 amide bonds. The molecule has 0 fully saturated rings. The highest BCUT2D eigenvalue weighted by molar-refractivity contribution is 7.99. The molecule has 0 saturated heterocycles. The number of halogens is 1. The first kappa shape index (κ1) is 25.9. The number of benzene rings is 4. The van der Waals surface area contributed by atoms with E-state index in [2.05, 4.69) is 56.3 Å². The van der Waals surface area contributed by atoms with E-state index in [9.17, 15) is 4.79 Å². The van der Waals surface area contributed by atoms with Crippen molar-refractivity contribution in [3.63, 3.8) is 0 Å². The first-order valence-electron chi connectivity index (χ1n) is 11.0. The molecule has 0 N–H and O–H groups in total. The average molecular weight is 503 g/mol. The fourth-order valence-electron chi connectivity index (χ4n) is 2.81. The molecule has 0 aliphatic rings. The summed E-state index contributed by atoms with van der Waals surface area (Å²) in [6, 6.07) is 33.5. The van der Waals surface area contributed by atoms with Crippen LogP contribution in [-0.2, 0) is 0 Å². The lowest BCUT2D eigenvalue weighted by atomic mass is 10.0. The van der Waals surface area contributed by atoms with Crippen LogP contribution < -0.4 is 0 Å². The standard InChI is InChI=1S/C25H17ClOS2.C5H10/c26-23-17-19(25(27)18-7-3-1-4-8-18)11-16-24(23)29-22-14-12-21(13-15-22)28-20-9-5-2-6-10-20;1-4-5(2)3/h1-17H;4H,1-3H3. The normalized spacial score (nSPS) is 10.1. The van der Waals surface area contributed by atoms with Crippen LogP contribution in [0.25, 0.3) is 0 Å². The first-order valence-corrected chi connectivity index (χ1v) is 13.0. The molecule has 4 aromatic rings. The number of hydrogen-bond donors (Lipinski definition) is 0.